The van der Waals surface area contributed by atoms with Gasteiger partial charge in [-0.25, -0.2) is 9.78 Å². The number of tetrazole rings is 1. The molecule has 0 saturated heterocycles. The van der Waals surface area contributed by atoms with E-state index in [1.54, 1.807) is 66.9 Å². The standard InChI is InChI=1S/C31H26ClN9O4/c1-45-31(44)36-23-7-8-24-21(14-23)15-34-30(43)20-4-2-3-18(11-20)12-25(29-33-16-26(24)38-29)37-28(42)10-5-19-13-22(32)6-9-27(19)41-17-35-39-40-41/h2-11,13-14,16-17,25H,12,15H2,1H3,(H,33,38)(H,34,43)(H,36,44)(H,37,42)/b10-5+. The number of nitrogens with one attached hydrogen (secondary N) is 4. The van der Waals surface area contributed by atoms with E-state index >= 15 is 0 Å². The SMILES string of the molecule is COC(=O)Nc1ccc2c(c1)CNC(=O)c1cccc(c1)CC(NC(=O)/C=C/c1cc(Cl)ccc1-n1cnnn1)c1nc-2c[nH]1. The number of halogens is 1. The monoisotopic (exact) mass is 623 g/mol. The highest BCUT2D eigenvalue weighted by atomic mass is 35.5. The van der Waals surface area contributed by atoms with Gasteiger partial charge in [0.1, 0.15) is 12.2 Å². The average Bonchev–Trinajstić information content (AvgIpc) is 3.76. The number of ether oxygens (including phenoxy) is 1. The molecular weight excluding hydrogens is 598 g/mol. The Morgan fingerprint density at radius 2 is 2.02 bits per heavy atom. The number of aromatic amines is 1. The summed E-state index contributed by atoms with van der Waals surface area (Å²) in [7, 11) is 1.28. The Hall–Kier alpha value is -5.82. The number of rotatable bonds is 5. The van der Waals surface area contributed by atoms with Crippen molar-refractivity contribution in [3.05, 3.63) is 112 Å². The summed E-state index contributed by atoms with van der Waals surface area (Å²) in [5.74, 6) is -0.119. The van der Waals surface area contributed by atoms with Crippen LogP contribution in [0.5, 0.6) is 0 Å². The molecule has 0 spiro atoms. The van der Waals surface area contributed by atoms with Gasteiger partial charge in [-0.2, -0.15) is 4.68 Å². The molecule has 1 atom stereocenters. The van der Waals surface area contributed by atoms with Gasteiger partial charge in [0.05, 0.1) is 24.5 Å². The molecular formula is C31H26ClN9O4. The van der Waals surface area contributed by atoms with Crippen LogP contribution in [0.4, 0.5) is 10.5 Å². The highest BCUT2D eigenvalue weighted by molar-refractivity contribution is 6.30. The van der Waals surface area contributed by atoms with E-state index < -0.39 is 12.1 Å². The van der Waals surface area contributed by atoms with Crippen LogP contribution in [0.2, 0.25) is 5.02 Å². The van der Waals surface area contributed by atoms with Gasteiger partial charge in [-0.3, -0.25) is 14.9 Å². The molecule has 14 heteroatoms. The quantitative estimate of drug-likeness (QED) is 0.211. The van der Waals surface area contributed by atoms with E-state index in [0.717, 1.165) is 11.1 Å². The Bertz CT molecular complexity index is 1920. The fraction of sp³-hybridized carbons (Fsp3) is 0.129. The van der Waals surface area contributed by atoms with Gasteiger partial charge in [-0.1, -0.05) is 29.8 Å². The number of fused-ring (bicyclic) bond motifs is 6. The number of nitrogens with zero attached hydrogens (tertiary/aromatic N) is 5. The number of carbonyl (C=O) groups excluding carboxylic acids is 3. The van der Waals surface area contributed by atoms with Crippen LogP contribution in [0.3, 0.4) is 0 Å². The number of amides is 3. The van der Waals surface area contributed by atoms with Crippen LogP contribution >= 0.6 is 11.6 Å². The van der Waals surface area contributed by atoms with E-state index in [1.165, 1.54) is 24.2 Å². The van der Waals surface area contributed by atoms with Gasteiger partial charge in [0, 0.05) is 46.2 Å². The molecule has 0 radical (unpaired) electrons. The topological polar surface area (TPSA) is 169 Å². The summed E-state index contributed by atoms with van der Waals surface area (Å²) < 4.78 is 6.19. The molecule has 1 unspecified atom stereocenters. The van der Waals surface area contributed by atoms with E-state index in [0.29, 0.717) is 51.0 Å². The van der Waals surface area contributed by atoms with Crippen molar-refractivity contribution < 1.29 is 19.1 Å². The number of benzene rings is 3. The lowest BCUT2D eigenvalue weighted by atomic mass is 10.0. The fourth-order valence-corrected chi connectivity index (χ4v) is 5.16. The van der Waals surface area contributed by atoms with E-state index in [2.05, 4.69) is 36.5 Å². The third-order valence-electron chi connectivity index (χ3n) is 7.13. The van der Waals surface area contributed by atoms with Crippen molar-refractivity contribution >= 4 is 41.3 Å². The third kappa shape index (κ3) is 6.73. The first kappa shape index (κ1) is 29.3. The molecule has 5 aromatic rings. The number of hydrogen-bond donors (Lipinski definition) is 4. The molecule has 1 aliphatic rings. The minimum Gasteiger partial charge on any atom is -0.453 e. The van der Waals surface area contributed by atoms with E-state index in [9.17, 15) is 14.4 Å². The lowest BCUT2D eigenvalue weighted by Gasteiger charge is -2.16. The number of hydrogen-bond acceptors (Lipinski definition) is 8. The lowest BCUT2D eigenvalue weighted by molar-refractivity contribution is -0.117. The zero-order valence-electron chi connectivity index (χ0n) is 23.8. The van der Waals surface area contributed by atoms with Crippen LogP contribution in [-0.2, 0) is 22.5 Å². The summed E-state index contributed by atoms with van der Waals surface area (Å²) in [6.07, 6.45) is 5.97. The first-order chi connectivity index (χ1) is 21.9. The molecule has 1 aliphatic heterocycles. The molecule has 3 amide bonds. The van der Waals surface area contributed by atoms with Crippen molar-refractivity contribution in [2.75, 3.05) is 12.4 Å². The Balaban J connectivity index is 1.33. The second-order valence-corrected chi connectivity index (χ2v) is 10.5. The largest absolute Gasteiger partial charge is 0.453 e. The minimum atomic E-state index is -0.614. The maximum Gasteiger partial charge on any atom is 0.411 e. The third-order valence-corrected chi connectivity index (χ3v) is 7.36. The predicted octanol–water partition coefficient (Wildman–Crippen LogP) is 4.24. The van der Waals surface area contributed by atoms with Crippen LogP contribution in [0, 0.1) is 0 Å². The summed E-state index contributed by atoms with van der Waals surface area (Å²) in [5.41, 5.74) is 5.13. The number of imidazole rings is 1. The Morgan fingerprint density at radius 1 is 1.13 bits per heavy atom. The van der Waals surface area contributed by atoms with Gasteiger partial charge in [0.2, 0.25) is 5.91 Å². The Labute approximate surface area is 261 Å². The molecule has 226 valence electrons. The van der Waals surface area contributed by atoms with E-state index in [1.807, 2.05) is 6.07 Å². The lowest BCUT2D eigenvalue weighted by Crippen LogP contribution is -2.29. The molecule has 3 aromatic carbocycles. The number of aromatic nitrogens is 6. The average molecular weight is 624 g/mol. The summed E-state index contributed by atoms with van der Waals surface area (Å²) in [5, 5.41) is 20.4. The fourth-order valence-electron chi connectivity index (χ4n) is 4.98. The first-order valence-corrected chi connectivity index (χ1v) is 14.2. The van der Waals surface area contributed by atoms with Crippen LogP contribution in [0.15, 0.2) is 79.3 Å². The normalized spacial score (nSPS) is 14.4. The van der Waals surface area contributed by atoms with Gasteiger partial charge >= 0.3 is 6.09 Å². The smallest absolute Gasteiger partial charge is 0.411 e. The van der Waals surface area contributed by atoms with E-state index in [4.69, 9.17) is 21.3 Å². The number of anilines is 1. The Kier molecular flexibility index (Phi) is 8.33. The van der Waals surface area contributed by atoms with Crippen molar-refractivity contribution in [1.82, 2.24) is 40.8 Å². The molecule has 0 aliphatic carbocycles. The Morgan fingerprint density at radius 3 is 2.84 bits per heavy atom. The molecule has 3 heterocycles. The summed E-state index contributed by atoms with van der Waals surface area (Å²) in [4.78, 5) is 46.3. The van der Waals surface area contributed by atoms with Crippen molar-refractivity contribution in [3.8, 4) is 16.9 Å². The number of H-pyrrole nitrogens is 1. The summed E-state index contributed by atoms with van der Waals surface area (Å²) in [6.45, 7) is 0.179. The van der Waals surface area contributed by atoms with Crippen LogP contribution < -0.4 is 16.0 Å². The molecule has 45 heavy (non-hydrogen) atoms. The second-order valence-electron chi connectivity index (χ2n) is 10.1. The molecule has 0 saturated carbocycles. The molecule has 4 N–H and O–H groups in total. The van der Waals surface area contributed by atoms with E-state index in [-0.39, 0.29) is 18.4 Å². The van der Waals surface area contributed by atoms with Gasteiger partial charge in [0.25, 0.3) is 5.91 Å². The predicted molar refractivity (Wildman–Crippen MR) is 165 cm³/mol. The highest BCUT2D eigenvalue weighted by Gasteiger charge is 2.21. The van der Waals surface area contributed by atoms with Crippen molar-refractivity contribution in [3.63, 3.8) is 0 Å². The minimum absolute atomic E-state index is 0.179. The molecule has 2 aromatic heterocycles. The highest BCUT2D eigenvalue weighted by Crippen LogP contribution is 2.28. The van der Waals surface area contributed by atoms with Gasteiger partial charge in [-0.05, 0) is 76.5 Å². The molecule has 13 nitrogen and oxygen atoms in total. The summed E-state index contributed by atoms with van der Waals surface area (Å²) in [6, 6.07) is 17.1. The van der Waals surface area contributed by atoms with Crippen molar-refractivity contribution in [1.29, 1.82) is 0 Å². The summed E-state index contributed by atoms with van der Waals surface area (Å²) >= 11 is 6.23. The van der Waals surface area contributed by atoms with Crippen LogP contribution in [-0.4, -0.2) is 55.2 Å². The van der Waals surface area contributed by atoms with Crippen LogP contribution in [0.25, 0.3) is 23.0 Å². The zero-order valence-corrected chi connectivity index (χ0v) is 24.6. The van der Waals surface area contributed by atoms with Gasteiger partial charge in [-0.15, -0.1) is 5.10 Å². The number of carbonyl (C=O) groups is 3. The maximum atomic E-state index is 13.3. The number of methoxy groups -OCH3 is 1. The van der Waals surface area contributed by atoms with Crippen molar-refractivity contribution in [2.45, 2.75) is 19.0 Å². The van der Waals surface area contributed by atoms with Gasteiger partial charge < -0.3 is 20.4 Å². The zero-order chi connectivity index (χ0) is 31.3. The van der Waals surface area contributed by atoms with Gasteiger partial charge in [0.15, 0.2) is 0 Å². The van der Waals surface area contributed by atoms with Crippen LogP contribution in [0.1, 0.15) is 38.9 Å². The second kappa shape index (κ2) is 12.8. The first-order valence-electron chi connectivity index (χ1n) is 13.8. The molecule has 6 rings (SSSR count). The molecule has 0 fully saturated rings. The molecule has 4 bridgehead atoms. The maximum absolute atomic E-state index is 13.3. The van der Waals surface area contributed by atoms with Crippen molar-refractivity contribution in [2.24, 2.45) is 0 Å².